The number of alkyl halides is 1. The summed E-state index contributed by atoms with van der Waals surface area (Å²) in [7, 11) is 0. The number of likely N-dealkylation sites (N-methyl/N-ethyl adjacent to an activating group) is 1. The Morgan fingerprint density at radius 2 is 2.29 bits per heavy atom. The van der Waals surface area contributed by atoms with Crippen molar-refractivity contribution in [3.05, 3.63) is 0 Å². The van der Waals surface area contributed by atoms with Crippen LogP contribution >= 0.6 is 11.6 Å². The van der Waals surface area contributed by atoms with E-state index in [1.807, 2.05) is 0 Å². The molecule has 1 aliphatic heterocycles. The normalized spacial score (nSPS) is 23.8. The highest BCUT2D eigenvalue weighted by Crippen LogP contribution is 2.08. The Bertz CT molecular complexity index is 192. The minimum atomic E-state index is 0.359. The summed E-state index contributed by atoms with van der Waals surface area (Å²) in [6.07, 6.45) is 2.67. The van der Waals surface area contributed by atoms with Gasteiger partial charge < -0.3 is 10.1 Å². The first-order valence-electron chi connectivity index (χ1n) is 6.90. The average Bonchev–Trinajstić information content (AvgIpc) is 2.38. The van der Waals surface area contributed by atoms with Crippen LogP contribution in [0.25, 0.3) is 0 Å². The molecule has 17 heavy (non-hydrogen) atoms. The summed E-state index contributed by atoms with van der Waals surface area (Å²) >= 11 is 5.78. The summed E-state index contributed by atoms with van der Waals surface area (Å²) in [6, 6.07) is 0. The maximum absolute atomic E-state index is 5.78. The van der Waals surface area contributed by atoms with Crippen LogP contribution in [0.3, 0.4) is 0 Å². The summed E-state index contributed by atoms with van der Waals surface area (Å²) < 4.78 is 5.76. The van der Waals surface area contributed by atoms with Gasteiger partial charge in [0.05, 0.1) is 12.7 Å². The zero-order valence-corrected chi connectivity index (χ0v) is 12.0. The van der Waals surface area contributed by atoms with Gasteiger partial charge in [-0.1, -0.05) is 20.3 Å². The van der Waals surface area contributed by atoms with Gasteiger partial charge in [0, 0.05) is 25.5 Å². The van der Waals surface area contributed by atoms with Gasteiger partial charge >= 0.3 is 0 Å². The molecule has 0 aliphatic carbocycles. The summed E-state index contributed by atoms with van der Waals surface area (Å²) in [5, 5.41) is 3.53. The summed E-state index contributed by atoms with van der Waals surface area (Å²) in [6.45, 7) is 10.6. The SMILES string of the molecule is CCC(CCCl)CNCC1CN(CC)CCO1. The lowest BCUT2D eigenvalue weighted by Crippen LogP contribution is -2.46. The molecule has 0 aromatic rings. The molecule has 1 rings (SSSR count). The molecule has 1 fully saturated rings. The fourth-order valence-electron chi connectivity index (χ4n) is 2.24. The van der Waals surface area contributed by atoms with Crippen LogP contribution in [0.15, 0.2) is 0 Å². The molecule has 2 unspecified atom stereocenters. The molecule has 1 aliphatic rings. The van der Waals surface area contributed by atoms with Gasteiger partial charge in [-0.15, -0.1) is 11.6 Å². The van der Waals surface area contributed by atoms with Gasteiger partial charge in [0.2, 0.25) is 0 Å². The average molecular weight is 263 g/mol. The number of morpholine rings is 1. The van der Waals surface area contributed by atoms with Crippen molar-refractivity contribution < 1.29 is 4.74 Å². The highest BCUT2D eigenvalue weighted by atomic mass is 35.5. The molecule has 1 N–H and O–H groups in total. The zero-order chi connectivity index (χ0) is 12.5. The van der Waals surface area contributed by atoms with E-state index in [1.54, 1.807) is 0 Å². The van der Waals surface area contributed by atoms with Crippen LogP contribution in [0.5, 0.6) is 0 Å². The molecule has 0 amide bonds. The summed E-state index contributed by atoms with van der Waals surface area (Å²) in [4.78, 5) is 2.45. The van der Waals surface area contributed by atoms with Crippen LogP contribution < -0.4 is 5.32 Å². The third kappa shape index (κ3) is 6.05. The lowest BCUT2D eigenvalue weighted by molar-refractivity contribution is -0.0255. The van der Waals surface area contributed by atoms with Gasteiger partial charge in [-0.3, -0.25) is 4.90 Å². The number of nitrogens with one attached hydrogen (secondary N) is 1. The maximum atomic E-state index is 5.78. The van der Waals surface area contributed by atoms with Crippen LogP contribution in [-0.4, -0.2) is 56.2 Å². The van der Waals surface area contributed by atoms with Crippen LogP contribution in [0.4, 0.5) is 0 Å². The topological polar surface area (TPSA) is 24.5 Å². The molecule has 0 saturated carbocycles. The largest absolute Gasteiger partial charge is 0.374 e. The third-order valence-corrected chi connectivity index (χ3v) is 3.79. The number of hydrogen-bond acceptors (Lipinski definition) is 3. The van der Waals surface area contributed by atoms with Crippen LogP contribution in [0.1, 0.15) is 26.7 Å². The molecule has 3 nitrogen and oxygen atoms in total. The van der Waals surface area contributed by atoms with Crippen molar-refractivity contribution in [3.63, 3.8) is 0 Å². The lowest BCUT2D eigenvalue weighted by Gasteiger charge is -2.32. The first-order chi connectivity index (χ1) is 8.30. The van der Waals surface area contributed by atoms with Crippen molar-refractivity contribution in [1.29, 1.82) is 0 Å². The highest BCUT2D eigenvalue weighted by molar-refractivity contribution is 6.17. The molecular formula is C13H27ClN2O. The molecule has 1 saturated heterocycles. The Morgan fingerprint density at radius 3 is 2.94 bits per heavy atom. The molecule has 2 atom stereocenters. The summed E-state index contributed by atoms with van der Waals surface area (Å²) in [5.41, 5.74) is 0. The first kappa shape index (κ1) is 15.2. The molecule has 0 bridgehead atoms. The van der Waals surface area contributed by atoms with E-state index in [0.717, 1.165) is 51.6 Å². The minimum absolute atomic E-state index is 0.359. The van der Waals surface area contributed by atoms with Crippen LogP contribution in [-0.2, 0) is 4.74 Å². The Kier molecular flexibility index (Phi) is 8.19. The number of rotatable bonds is 8. The van der Waals surface area contributed by atoms with E-state index >= 15 is 0 Å². The van der Waals surface area contributed by atoms with E-state index in [9.17, 15) is 0 Å². The summed E-state index contributed by atoms with van der Waals surface area (Å²) in [5.74, 6) is 1.47. The van der Waals surface area contributed by atoms with Gasteiger partial charge in [-0.25, -0.2) is 0 Å². The quantitative estimate of drug-likeness (QED) is 0.677. The van der Waals surface area contributed by atoms with E-state index in [0.29, 0.717) is 12.0 Å². The standard InChI is InChI=1S/C13H27ClN2O/c1-3-12(5-6-14)9-15-10-13-11-16(4-2)7-8-17-13/h12-13,15H,3-11H2,1-2H3. The van der Waals surface area contributed by atoms with Crippen molar-refractivity contribution in [1.82, 2.24) is 10.2 Å². The zero-order valence-electron chi connectivity index (χ0n) is 11.3. The van der Waals surface area contributed by atoms with Gasteiger partial charge in [0.25, 0.3) is 0 Å². The Morgan fingerprint density at radius 1 is 1.47 bits per heavy atom. The van der Waals surface area contributed by atoms with Gasteiger partial charge in [-0.2, -0.15) is 0 Å². The van der Waals surface area contributed by atoms with Gasteiger partial charge in [-0.05, 0) is 25.4 Å². The number of hydrogen-bond donors (Lipinski definition) is 1. The second-order valence-corrected chi connectivity index (χ2v) is 5.17. The molecule has 0 radical (unpaired) electrons. The smallest absolute Gasteiger partial charge is 0.0826 e. The van der Waals surface area contributed by atoms with E-state index in [4.69, 9.17) is 16.3 Å². The highest BCUT2D eigenvalue weighted by Gasteiger charge is 2.18. The third-order valence-electron chi connectivity index (χ3n) is 3.57. The lowest BCUT2D eigenvalue weighted by atomic mass is 10.0. The van der Waals surface area contributed by atoms with Crippen molar-refractivity contribution in [3.8, 4) is 0 Å². The maximum Gasteiger partial charge on any atom is 0.0826 e. The fourth-order valence-corrected chi connectivity index (χ4v) is 2.55. The molecule has 0 spiro atoms. The first-order valence-corrected chi connectivity index (χ1v) is 7.44. The molecule has 4 heteroatoms. The van der Waals surface area contributed by atoms with E-state index in [2.05, 4.69) is 24.1 Å². The van der Waals surface area contributed by atoms with Crippen molar-refractivity contribution >= 4 is 11.6 Å². The molecule has 102 valence electrons. The van der Waals surface area contributed by atoms with E-state index in [-0.39, 0.29) is 0 Å². The Labute approximate surface area is 111 Å². The van der Waals surface area contributed by atoms with Crippen LogP contribution in [0.2, 0.25) is 0 Å². The number of halogens is 1. The molecular weight excluding hydrogens is 236 g/mol. The Balaban J connectivity index is 2.12. The second-order valence-electron chi connectivity index (χ2n) is 4.80. The number of nitrogens with zero attached hydrogens (tertiary/aromatic N) is 1. The monoisotopic (exact) mass is 262 g/mol. The van der Waals surface area contributed by atoms with Gasteiger partial charge in [0.1, 0.15) is 0 Å². The van der Waals surface area contributed by atoms with E-state index in [1.165, 1.54) is 6.42 Å². The Hall–Kier alpha value is 0.170. The van der Waals surface area contributed by atoms with Gasteiger partial charge in [0.15, 0.2) is 0 Å². The molecule has 1 heterocycles. The minimum Gasteiger partial charge on any atom is -0.374 e. The van der Waals surface area contributed by atoms with Crippen molar-refractivity contribution in [2.45, 2.75) is 32.8 Å². The second kappa shape index (κ2) is 9.15. The fraction of sp³-hybridized carbons (Fsp3) is 1.00. The van der Waals surface area contributed by atoms with Crippen LogP contribution in [0, 0.1) is 5.92 Å². The van der Waals surface area contributed by atoms with Crippen molar-refractivity contribution in [2.24, 2.45) is 5.92 Å². The molecule has 0 aromatic carbocycles. The number of ether oxygens (including phenoxy) is 1. The van der Waals surface area contributed by atoms with E-state index < -0.39 is 0 Å². The predicted molar refractivity (Wildman–Crippen MR) is 73.8 cm³/mol. The van der Waals surface area contributed by atoms with Crippen molar-refractivity contribution in [2.75, 3.05) is 45.2 Å². The predicted octanol–water partition coefficient (Wildman–Crippen LogP) is 1.95. The molecule has 0 aromatic heterocycles.